The molecule has 1 heterocycles. The number of methoxy groups -OCH3 is 1. The Morgan fingerprint density at radius 2 is 1.93 bits per heavy atom. The van der Waals surface area contributed by atoms with Gasteiger partial charge in [0.1, 0.15) is 10.6 Å². The topological polar surface area (TPSA) is 99.5 Å². The quantitative estimate of drug-likeness (QED) is 0.810. The summed E-state index contributed by atoms with van der Waals surface area (Å²) in [6.45, 7) is 2.35. The van der Waals surface area contributed by atoms with Gasteiger partial charge in [-0.3, -0.25) is 4.79 Å². The zero-order chi connectivity index (χ0) is 21.0. The van der Waals surface area contributed by atoms with Crippen LogP contribution in [-0.4, -0.2) is 38.3 Å². The van der Waals surface area contributed by atoms with Crippen LogP contribution in [0.4, 0.5) is 5.69 Å². The van der Waals surface area contributed by atoms with Gasteiger partial charge < -0.3 is 10.1 Å². The van der Waals surface area contributed by atoms with Gasteiger partial charge in [-0.2, -0.15) is 9.57 Å². The van der Waals surface area contributed by atoms with Crippen molar-refractivity contribution >= 4 is 21.6 Å². The minimum atomic E-state index is -3.80. The molecule has 8 heteroatoms. The van der Waals surface area contributed by atoms with Gasteiger partial charge in [0.2, 0.25) is 10.0 Å². The standard InChI is InChI=1S/C21H23N3O4S/c1-15-5-3-4-12-24(15)29(26,27)20-13-17(8-11-19(20)28-2)21(25)23-18-9-6-16(14-22)7-10-18/h6-11,13,15H,3-5,12H2,1-2H3,(H,23,25). The molecule has 1 aliphatic rings. The van der Waals surface area contributed by atoms with Crippen LogP contribution in [0.5, 0.6) is 5.75 Å². The second-order valence-electron chi connectivity index (χ2n) is 6.97. The van der Waals surface area contributed by atoms with Gasteiger partial charge in [0.25, 0.3) is 5.91 Å². The highest BCUT2D eigenvalue weighted by Gasteiger charge is 2.33. The molecular weight excluding hydrogens is 390 g/mol. The summed E-state index contributed by atoms with van der Waals surface area (Å²) < 4.78 is 33.3. The van der Waals surface area contributed by atoms with Crippen LogP contribution in [0, 0.1) is 11.3 Å². The van der Waals surface area contributed by atoms with Gasteiger partial charge >= 0.3 is 0 Å². The van der Waals surface area contributed by atoms with E-state index >= 15 is 0 Å². The Balaban J connectivity index is 1.91. The monoisotopic (exact) mass is 413 g/mol. The lowest BCUT2D eigenvalue weighted by Gasteiger charge is -2.32. The number of nitrogens with one attached hydrogen (secondary N) is 1. The van der Waals surface area contributed by atoms with Crippen molar-refractivity contribution in [2.45, 2.75) is 37.1 Å². The molecule has 2 aromatic carbocycles. The number of anilines is 1. The van der Waals surface area contributed by atoms with Crippen molar-refractivity contribution in [3.05, 3.63) is 53.6 Å². The van der Waals surface area contributed by atoms with Gasteiger partial charge in [0, 0.05) is 23.8 Å². The number of sulfonamides is 1. The summed E-state index contributed by atoms with van der Waals surface area (Å²) >= 11 is 0. The molecule has 0 bridgehead atoms. The number of hydrogen-bond donors (Lipinski definition) is 1. The minimum Gasteiger partial charge on any atom is -0.495 e. The second-order valence-corrected chi connectivity index (χ2v) is 8.83. The van der Waals surface area contributed by atoms with Crippen molar-refractivity contribution in [3.8, 4) is 11.8 Å². The highest BCUT2D eigenvalue weighted by Crippen LogP contribution is 2.31. The maximum Gasteiger partial charge on any atom is 0.255 e. The molecule has 152 valence electrons. The van der Waals surface area contributed by atoms with Crippen LogP contribution in [0.25, 0.3) is 0 Å². The largest absolute Gasteiger partial charge is 0.495 e. The Hall–Kier alpha value is -2.89. The Morgan fingerprint density at radius 1 is 1.21 bits per heavy atom. The summed E-state index contributed by atoms with van der Waals surface area (Å²) in [6.07, 6.45) is 2.61. The normalized spacial score (nSPS) is 17.3. The third-order valence-corrected chi connectivity index (χ3v) is 7.06. The van der Waals surface area contributed by atoms with Crippen LogP contribution in [0.2, 0.25) is 0 Å². The van der Waals surface area contributed by atoms with Crippen molar-refractivity contribution in [2.24, 2.45) is 0 Å². The third kappa shape index (κ3) is 4.42. The molecule has 0 aliphatic carbocycles. The fourth-order valence-corrected chi connectivity index (χ4v) is 5.29. The van der Waals surface area contributed by atoms with Gasteiger partial charge in [-0.1, -0.05) is 6.42 Å². The van der Waals surface area contributed by atoms with E-state index in [-0.39, 0.29) is 22.3 Å². The predicted molar refractivity (Wildman–Crippen MR) is 109 cm³/mol. The fourth-order valence-electron chi connectivity index (χ4n) is 3.41. The van der Waals surface area contributed by atoms with Crippen molar-refractivity contribution < 1.29 is 17.9 Å². The molecule has 0 radical (unpaired) electrons. The molecule has 1 fully saturated rings. The fraction of sp³-hybridized carbons (Fsp3) is 0.333. The highest BCUT2D eigenvalue weighted by atomic mass is 32.2. The Labute approximate surface area is 171 Å². The van der Waals surface area contributed by atoms with Gasteiger partial charge in [0.15, 0.2) is 0 Å². The third-order valence-electron chi connectivity index (χ3n) is 5.03. The molecule has 1 atom stereocenters. The van der Waals surface area contributed by atoms with E-state index in [0.29, 0.717) is 17.8 Å². The Bertz CT molecular complexity index is 1040. The van der Waals surface area contributed by atoms with E-state index in [0.717, 1.165) is 19.3 Å². The van der Waals surface area contributed by atoms with Gasteiger partial charge in [-0.25, -0.2) is 8.42 Å². The first kappa shape index (κ1) is 20.8. The van der Waals surface area contributed by atoms with E-state index in [2.05, 4.69) is 5.32 Å². The van der Waals surface area contributed by atoms with E-state index < -0.39 is 15.9 Å². The number of benzene rings is 2. The first-order valence-electron chi connectivity index (χ1n) is 9.38. The number of nitrogens with zero attached hydrogens (tertiary/aromatic N) is 2. The maximum atomic E-state index is 13.3. The first-order valence-corrected chi connectivity index (χ1v) is 10.8. The SMILES string of the molecule is COc1ccc(C(=O)Nc2ccc(C#N)cc2)cc1S(=O)(=O)N1CCCCC1C. The molecule has 1 N–H and O–H groups in total. The van der Waals surface area contributed by atoms with Crippen LogP contribution in [0.3, 0.4) is 0 Å². The van der Waals surface area contributed by atoms with Crippen LogP contribution >= 0.6 is 0 Å². The molecule has 0 saturated carbocycles. The second kappa shape index (κ2) is 8.64. The molecule has 1 saturated heterocycles. The Morgan fingerprint density at radius 3 is 2.55 bits per heavy atom. The number of carbonyl (C=O) groups excluding carboxylic acids is 1. The lowest BCUT2D eigenvalue weighted by molar-refractivity contribution is 0.102. The number of nitriles is 1. The first-order chi connectivity index (χ1) is 13.9. The van der Waals surface area contributed by atoms with Crippen LogP contribution in [0.1, 0.15) is 42.1 Å². The molecule has 2 aromatic rings. The van der Waals surface area contributed by atoms with Crippen LogP contribution in [0.15, 0.2) is 47.4 Å². The minimum absolute atomic E-state index is 0.0128. The molecule has 1 aliphatic heterocycles. The van der Waals surface area contributed by atoms with E-state index in [1.165, 1.54) is 29.6 Å². The molecule has 1 amide bonds. The number of piperidine rings is 1. The number of hydrogen-bond acceptors (Lipinski definition) is 5. The summed E-state index contributed by atoms with van der Waals surface area (Å²) in [5, 5.41) is 11.6. The Kier molecular flexibility index (Phi) is 6.20. The number of rotatable bonds is 5. The number of ether oxygens (including phenoxy) is 1. The van der Waals surface area contributed by atoms with Crippen LogP contribution < -0.4 is 10.1 Å². The van der Waals surface area contributed by atoms with Crippen molar-refractivity contribution in [1.29, 1.82) is 5.26 Å². The van der Waals surface area contributed by atoms with Crippen molar-refractivity contribution in [1.82, 2.24) is 4.31 Å². The van der Waals surface area contributed by atoms with Gasteiger partial charge in [-0.15, -0.1) is 0 Å². The van der Waals surface area contributed by atoms with Crippen molar-refractivity contribution in [3.63, 3.8) is 0 Å². The van der Waals surface area contributed by atoms with Crippen molar-refractivity contribution in [2.75, 3.05) is 19.0 Å². The summed E-state index contributed by atoms with van der Waals surface area (Å²) in [5.74, 6) is -0.238. The lowest BCUT2D eigenvalue weighted by Crippen LogP contribution is -2.42. The highest BCUT2D eigenvalue weighted by molar-refractivity contribution is 7.89. The number of carbonyl (C=O) groups is 1. The number of amides is 1. The van der Waals surface area contributed by atoms with E-state index in [1.54, 1.807) is 24.3 Å². The summed E-state index contributed by atoms with van der Waals surface area (Å²) in [4.78, 5) is 12.6. The van der Waals surface area contributed by atoms with E-state index in [1.807, 2.05) is 13.0 Å². The predicted octanol–water partition coefficient (Wildman–Crippen LogP) is 3.38. The summed E-state index contributed by atoms with van der Waals surface area (Å²) in [7, 11) is -2.39. The molecular formula is C21H23N3O4S. The molecule has 3 rings (SSSR count). The zero-order valence-electron chi connectivity index (χ0n) is 16.4. The van der Waals surface area contributed by atoms with Crippen LogP contribution in [-0.2, 0) is 10.0 Å². The zero-order valence-corrected chi connectivity index (χ0v) is 17.2. The average Bonchev–Trinajstić information content (AvgIpc) is 2.74. The maximum absolute atomic E-state index is 13.3. The van der Waals surface area contributed by atoms with Gasteiger partial charge in [0.05, 0.1) is 18.7 Å². The summed E-state index contributed by atoms with van der Waals surface area (Å²) in [5.41, 5.74) is 1.20. The van der Waals surface area contributed by atoms with E-state index in [4.69, 9.17) is 10.00 Å². The molecule has 0 spiro atoms. The van der Waals surface area contributed by atoms with E-state index in [9.17, 15) is 13.2 Å². The molecule has 29 heavy (non-hydrogen) atoms. The lowest BCUT2D eigenvalue weighted by atomic mass is 10.1. The molecule has 1 unspecified atom stereocenters. The van der Waals surface area contributed by atoms with Gasteiger partial charge in [-0.05, 0) is 62.2 Å². The molecule has 7 nitrogen and oxygen atoms in total. The molecule has 0 aromatic heterocycles. The summed E-state index contributed by atoms with van der Waals surface area (Å²) in [6, 6.07) is 12.7. The smallest absolute Gasteiger partial charge is 0.255 e. The average molecular weight is 413 g/mol.